The molecule has 0 unspecified atom stereocenters. The maximum Gasteiger partial charge on any atom is 1.00 e. The van der Waals surface area contributed by atoms with Gasteiger partial charge in [-0.1, -0.05) is 28.1 Å². The fourth-order valence-corrected chi connectivity index (χ4v) is 0.864. The number of aryl methyl sites for hydroxylation is 1. The van der Waals surface area contributed by atoms with Gasteiger partial charge in [0.15, 0.2) is 0 Å². The normalized spacial score (nSPS) is 8.60. The summed E-state index contributed by atoms with van der Waals surface area (Å²) in [6.07, 6.45) is 0. The first kappa shape index (κ1) is 10.5. The van der Waals surface area contributed by atoms with E-state index in [-0.39, 0.29) is 35.3 Å². The zero-order chi connectivity index (χ0) is 6.85. The number of hydrogen-bond donors (Lipinski definition) is 0. The van der Waals surface area contributed by atoms with Crippen LogP contribution in [0.15, 0.2) is 22.7 Å². The average molecular weight is 209 g/mol. The standard InChI is InChI=1S/C7H7BrO.Na/c1-5-4-6(9)2-3-7(5)8;/h2-4,9H,1H3;/q;+1/p-1. The molecule has 48 valence electrons. The van der Waals surface area contributed by atoms with Crippen LogP contribution in [0.1, 0.15) is 5.56 Å². The second-order valence-electron chi connectivity index (χ2n) is 1.91. The summed E-state index contributed by atoms with van der Waals surface area (Å²) in [6.45, 7) is 1.89. The summed E-state index contributed by atoms with van der Waals surface area (Å²) in [4.78, 5) is 0. The summed E-state index contributed by atoms with van der Waals surface area (Å²) in [5.74, 6) is 0.0655. The van der Waals surface area contributed by atoms with Crippen molar-refractivity contribution in [3.8, 4) is 5.75 Å². The van der Waals surface area contributed by atoms with Crippen LogP contribution in [0.25, 0.3) is 0 Å². The molecule has 0 amide bonds. The van der Waals surface area contributed by atoms with Crippen LogP contribution in [0, 0.1) is 6.92 Å². The predicted molar refractivity (Wildman–Crippen MR) is 38.3 cm³/mol. The van der Waals surface area contributed by atoms with Crippen LogP contribution >= 0.6 is 15.9 Å². The van der Waals surface area contributed by atoms with E-state index in [0.29, 0.717) is 0 Å². The van der Waals surface area contributed by atoms with E-state index >= 15 is 0 Å². The van der Waals surface area contributed by atoms with Crippen LogP contribution in [0.2, 0.25) is 0 Å². The van der Waals surface area contributed by atoms with Crippen molar-refractivity contribution in [2.24, 2.45) is 0 Å². The minimum absolute atomic E-state index is 0. The molecule has 1 aromatic carbocycles. The van der Waals surface area contributed by atoms with Gasteiger partial charge in [0.25, 0.3) is 0 Å². The Bertz CT molecular complexity index is 225. The summed E-state index contributed by atoms with van der Waals surface area (Å²) >= 11 is 3.29. The van der Waals surface area contributed by atoms with Crippen molar-refractivity contribution in [3.05, 3.63) is 28.2 Å². The van der Waals surface area contributed by atoms with Crippen LogP contribution in [0.4, 0.5) is 0 Å². The Morgan fingerprint density at radius 3 is 2.40 bits per heavy atom. The minimum atomic E-state index is 0. The number of rotatable bonds is 0. The molecule has 3 heteroatoms. The van der Waals surface area contributed by atoms with Crippen molar-refractivity contribution in [1.82, 2.24) is 0 Å². The van der Waals surface area contributed by atoms with Crippen molar-refractivity contribution in [3.63, 3.8) is 0 Å². The van der Waals surface area contributed by atoms with Crippen LogP contribution in [-0.2, 0) is 0 Å². The number of halogens is 1. The molecule has 0 fully saturated rings. The van der Waals surface area contributed by atoms with E-state index in [1.807, 2.05) is 6.92 Å². The minimum Gasteiger partial charge on any atom is -0.872 e. The second-order valence-corrected chi connectivity index (χ2v) is 2.77. The van der Waals surface area contributed by atoms with Gasteiger partial charge in [-0.15, -0.1) is 5.75 Å². The molecule has 0 aromatic heterocycles. The summed E-state index contributed by atoms with van der Waals surface area (Å²) in [7, 11) is 0. The number of benzene rings is 1. The Labute approximate surface area is 90.9 Å². The van der Waals surface area contributed by atoms with E-state index in [0.717, 1.165) is 10.0 Å². The molecule has 1 nitrogen and oxygen atoms in total. The van der Waals surface area contributed by atoms with E-state index in [2.05, 4.69) is 15.9 Å². The quantitative estimate of drug-likeness (QED) is 0.494. The van der Waals surface area contributed by atoms with Crippen LogP contribution in [0.3, 0.4) is 0 Å². The Hall–Kier alpha value is 0.500. The van der Waals surface area contributed by atoms with Crippen LogP contribution < -0.4 is 34.7 Å². The molecule has 0 aliphatic carbocycles. The average Bonchev–Trinajstić information content (AvgIpc) is 1.80. The number of hydrogen-bond acceptors (Lipinski definition) is 1. The molecule has 0 radical (unpaired) electrons. The summed E-state index contributed by atoms with van der Waals surface area (Å²) in [6, 6.07) is 4.90. The van der Waals surface area contributed by atoms with Gasteiger partial charge in [-0.25, -0.2) is 0 Å². The smallest absolute Gasteiger partial charge is 0.872 e. The van der Waals surface area contributed by atoms with Crippen molar-refractivity contribution < 1.29 is 34.7 Å². The Morgan fingerprint density at radius 2 is 2.00 bits per heavy atom. The zero-order valence-corrected chi connectivity index (χ0v) is 9.60. The van der Waals surface area contributed by atoms with Crippen LogP contribution in [0.5, 0.6) is 5.75 Å². The second kappa shape index (κ2) is 4.39. The largest absolute Gasteiger partial charge is 1.00 e. The summed E-state index contributed by atoms with van der Waals surface area (Å²) < 4.78 is 0.988. The first-order valence-electron chi connectivity index (χ1n) is 2.63. The molecule has 0 bridgehead atoms. The third-order valence-corrected chi connectivity index (χ3v) is 2.02. The van der Waals surface area contributed by atoms with E-state index < -0.39 is 0 Å². The van der Waals surface area contributed by atoms with Gasteiger partial charge in [0.1, 0.15) is 0 Å². The van der Waals surface area contributed by atoms with Gasteiger partial charge in [0.05, 0.1) is 0 Å². The van der Waals surface area contributed by atoms with Crippen molar-refractivity contribution in [1.29, 1.82) is 0 Å². The molecule has 0 N–H and O–H groups in total. The van der Waals surface area contributed by atoms with E-state index in [1.54, 1.807) is 12.1 Å². The molecule has 0 saturated heterocycles. The molecular weight excluding hydrogens is 203 g/mol. The summed E-state index contributed by atoms with van der Waals surface area (Å²) in [5, 5.41) is 10.6. The Kier molecular flexibility index (Phi) is 4.61. The molecular formula is C7H6BrNaO. The first-order chi connectivity index (χ1) is 4.20. The molecule has 0 spiro atoms. The van der Waals surface area contributed by atoms with Crippen molar-refractivity contribution >= 4 is 15.9 Å². The molecule has 0 heterocycles. The molecule has 1 aromatic rings. The van der Waals surface area contributed by atoms with Gasteiger partial charge in [0, 0.05) is 4.47 Å². The molecule has 0 aliphatic heterocycles. The topological polar surface area (TPSA) is 23.1 Å². The molecule has 10 heavy (non-hydrogen) atoms. The SMILES string of the molecule is Cc1cc([O-])ccc1Br.[Na+]. The van der Waals surface area contributed by atoms with Crippen molar-refractivity contribution in [2.45, 2.75) is 6.92 Å². The maximum atomic E-state index is 10.6. The van der Waals surface area contributed by atoms with Gasteiger partial charge in [-0.05, 0) is 18.6 Å². The Balaban J connectivity index is 0.000000810. The van der Waals surface area contributed by atoms with Gasteiger partial charge in [-0.3, -0.25) is 0 Å². The van der Waals surface area contributed by atoms with Gasteiger partial charge in [-0.2, -0.15) is 0 Å². The monoisotopic (exact) mass is 208 g/mol. The molecule has 0 atom stereocenters. The van der Waals surface area contributed by atoms with E-state index in [1.165, 1.54) is 6.07 Å². The molecule has 0 aliphatic rings. The van der Waals surface area contributed by atoms with Gasteiger partial charge in [0.2, 0.25) is 0 Å². The fraction of sp³-hybridized carbons (Fsp3) is 0.143. The van der Waals surface area contributed by atoms with Gasteiger partial charge >= 0.3 is 29.6 Å². The zero-order valence-electron chi connectivity index (χ0n) is 6.02. The van der Waals surface area contributed by atoms with Crippen molar-refractivity contribution in [2.75, 3.05) is 0 Å². The summed E-state index contributed by atoms with van der Waals surface area (Å²) in [5.41, 5.74) is 0.988. The third kappa shape index (κ3) is 2.62. The first-order valence-corrected chi connectivity index (χ1v) is 3.42. The third-order valence-electron chi connectivity index (χ3n) is 1.13. The maximum absolute atomic E-state index is 10.6. The van der Waals surface area contributed by atoms with Gasteiger partial charge < -0.3 is 5.11 Å². The molecule has 1 rings (SSSR count). The van der Waals surface area contributed by atoms with E-state index in [9.17, 15) is 5.11 Å². The molecule has 0 saturated carbocycles. The fourth-order valence-electron chi connectivity index (χ4n) is 0.617. The Morgan fingerprint density at radius 1 is 1.40 bits per heavy atom. The predicted octanol–water partition coefficient (Wildman–Crippen LogP) is -1.16. The van der Waals surface area contributed by atoms with E-state index in [4.69, 9.17) is 0 Å². The van der Waals surface area contributed by atoms with Crippen LogP contribution in [-0.4, -0.2) is 0 Å².